The first-order valence-corrected chi connectivity index (χ1v) is 13.3. The van der Waals surface area contributed by atoms with Crippen molar-refractivity contribution in [2.24, 2.45) is 5.92 Å². The Morgan fingerprint density at radius 2 is 1.42 bits per heavy atom. The molecule has 0 aromatic heterocycles. The molecule has 0 aliphatic heterocycles. The number of benzene rings is 3. The van der Waals surface area contributed by atoms with Gasteiger partial charge < -0.3 is 20.1 Å². The second kappa shape index (κ2) is 12.7. The first kappa shape index (κ1) is 27.3. The quantitative estimate of drug-likeness (QED) is 0.261. The maximum atomic E-state index is 13.1. The SMILES string of the molecule is COC(=O)[C@H](CC(C)C)NC(=S)[C@H](Cc1ccccc1)NC(=O)OCC1c2ccccc2-c2ccccc21. The minimum absolute atomic E-state index is 0.0412. The molecule has 198 valence electrons. The Bertz CT molecular complexity index is 1230. The van der Waals surface area contributed by atoms with E-state index in [-0.39, 0.29) is 24.4 Å². The summed E-state index contributed by atoms with van der Waals surface area (Å²) in [5.74, 6) is -0.182. The van der Waals surface area contributed by atoms with Crippen LogP contribution in [0.1, 0.15) is 42.9 Å². The van der Waals surface area contributed by atoms with E-state index in [9.17, 15) is 9.59 Å². The van der Waals surface area contributed by atoms with Gasteiger partial charge in [-0.1, -0.05) is 105 Å². The van der Waals surface area contributed by atoms with Crippen molar-refractivity contribution in [1.82, 2.24) is 10.6 Å². The van der Waals surface area contributed by atoms with Crippen molar-refractivity contribution in [2.45, 2.75) is 44.7 Å². The first-order valence-electron chi connectivity index (χ1n) is 12.9. The largest absolute Gasteiger partial charge is 0.467 e. The molecule has 0 saturated carbocycles. The number of alkyl carbamates (subject to hydrolysis) is 1. The number of esters is 1. The monoisotopic (exact) mass is 530 g/mol. The summed E-state index contributed by atoms with van der Waals surface area (Å²) >= 11 is 5.70. The van der Waals surface area contributed by atoms with Crippen LogP contribution in [-0.4, -0.2) is 42.9 Å². The van der Waals surface area contributed by atoms with Crippen LogP contribution in [0.3, 0.4) is 0 Å². The van der Waals surface area contributed by atoms with Crippen LogP contribution in [0.25, 0.3) is 11.1 Å². The number of ether oxygens (including phenoxy) is 2. The number of thiocarbonyl (C=S) groups is 1. The Morgan fingerprint density at radius 1 is 0.842 bits per heavy atom. The zero-order chi connectivity index (χ0) is 27.1. The van der Waals surface area contributed by atoms with Gasteiger partial charge in [0.1, 0.15) is 12.6 Å². The van der Waals surface area contributed by atoms with Crippen molar-refractivity contribution in [2.75, 3.05) is 13.7 Å². The van der Waals surface area contributed by atoms with E-state index < -0.39 is 18.2 Å². The molecule has 0 radical (unpaired) electrons. The van der Waals surface area contributed by atoms with Crippen molar-refractivity contribution in [3.05, 3.63) is 95.6 Å². The molecule has 3 aromatic rings. The molecule has 0 fully saturated rings. The molecule has 0 heterocycles. The molecule has 3 aromatic carbocycles. The van der Waals surface area contributed by atoms with E-state index in [0.29, 0.717) is 17.8 Å². The molecule has 2 atom stereocenters. The molecule has 7 heteroatoms. The highest BCUT2D eigenvalue weighted by atomic mass is 32.1. The smallest absolute Gasteiger partial charge is 0.407 e. The van der Waals surface area contributed by atoms with Gasteiger partial charge in [-0.05, 0) is 46.6 Å². The van der Waals surface area contributed by atoms with Crippen LogP contribution in [0.5, 0.6) is 0 Å². The Morgan fingerprint density at radius 3 is 2.00 bits per heavy atom. The lowest BCUT2D eigenvalue weighted by molar-refractivity contribution is -0.143. The van der Waals surface area contributed by atoms with Gasteiger partial charge in [-0.3, -0.25) is 0 Å². The van der Waals surface area contributed by atoms with Gasteiger partial charge in [0.15, 0.2) is 0 Å². The van der Waals surface area contributed by atoms with Crippen LogP contribution in [0, 0.1) is 5.92 Å². The third-order valence-corrected chi connectivity index (χ3v) is 7.15. The number of fused-ring (bicyclic) bond motifs is 3. The van der Waals surface area contributed by atoms with Gasteiger partial charge in [-0.2, -0.15) is 0 Å². The average molecular weight is 531 g/mol. The fraction of sp³-hybridized carbons (Fsp3) is 0.323. The third-order valence-electron chi connectivity index (χ3n) is 6.74. The maximum Gasteiger partial charge on any atom is 0.407 e. The minimum atomic E-state index is -0.602. The lowest BCUT2D eigenvalue weighted by Gasteiger charge is -2.25. The van der Waals surface area contributed by atoms with E-state index in [1.54, 1.807) is 0 Å². The summed E-state index contributed by atoms with van der Waals surface area (Å²) in [7, 11) is 1.36. The minimum Gasteiger partial charge on any atom is -0.467 e. The lowest BCUT2D eigenvalue weighted by atomic mass is 9.98. The Hall–Kier alpha value is -3.71. The van der Waals surface area contributed by atoms with Gasteiger partial charge in [0.25, 0.3) is 0 Å². The highest BCUT2D eigenvalue weighted by Crippen LogP contribution is 2.44. The van der Waals surface area contributed by atoms with Gasteiger partial charge >= 0.3 is 12.1 Å². The van der Waals surface area contributed by atoms with E-state index >= 15 is 0 Å². The van der Waals surface area contributed by atoms with Crippen LogP contribution in [0.2, 0.25) is 0 Å². The predicted octanol–water partition coefficient (Wildman–Crippen LogP) is 5.64. The van der Waals surface area contributed by atoms with Crippen LogP contribution < -0.4 is 10.6 Å². The number of methoxy groups -OCH3 is 1. The highest BCUT2D eigenvalue weighted by Gasteiger charge is 2.30. The molecular weight excluding hydrogens is 496 g/mol. The molecule has 0 unspecified atom stereocenters. The topological polar surface area (TPSA) is 76.7 Å². The summed E-state index contributed by atoms with van der Waals surface area (Å²) in [6.45, 7) is 4.25. The van der Waals surface area contributed by atoms with E-state index in [1.807, 2.05) is 68.4 Å². The predicted molar refractivity (Wildman–Crippen MR) is 153 cm³/mol. The normalized spacial score (nSPS) is 13.7. The zero-order valence-corrected chi connectivity index (χ0v) is 22.8. The molecule has 38 heavy (non-hydrogen) atoms. The summed E-state index contributed by atoms with van der Waals surface area (Å²) in [5, 5.41) is 6.07. The first-order chi connectivity index (χ1) is 18.4. The second-order valence-electron chi connectivity index (χ2n) is 9.93. The molecule has 0 bridgehead atoms. The van der Waals surface area contributed by atoms with Gasteiger partial charge in [0.2, 0.25) is 0 Å². The van der Waals surface area contributed by atoms with Crippen LogP contribution in [0.4, 0.5) is 4.79 Å². The van der Waals surface area contributed by atoms with E-state index in [2.05, 4.69) is 34.9 Å². The van der Waals surface area contributed by atoms with Crippen molar-refractivity contribution in [3.8, 4) is 11.1 Å². The molecule has 0 spiro atoms. The van der Waals surface area contributed by atoms with Crippen molar-refractivity contribution >= 4 is 29.3 Å². The summed E-state index contributed by atoms with van der Waals surface area (Å²) in [6, 6.07) is 25.0. The molecule has 1 aliphatic rings. The molecule has 1 amide bonds. The van der Waals surface area contributed by atoms with E-state index in [1.165, 1.54) is 18.2 Å². The number of amides is 1. The van der Waals surface area contributed by atoms with Gasteiger partial charge in [0, 0.05) is 5.92 Å². The number of carbonyl (C=O) groups is 2. The number of hydrogen-bond donors (Lipinski definition) is 2. The van der Waals surface area contributed by atoms with Crippen molar-refractivity contribution < 1.29 is 19.1 Å². The lowest BCUT2D eigenvalue weighted by Crippen LogP contribution is -2.52. The fourth-order valence-electron chi connectivity index (χ4n) is 4.94. The van der Waals surface area contributed by atoms with Gasteiger partial charge in [-0.15, -0.1) is 0 Å². The molecule has 0 saturated heterocycles. The molecule has 1 aliphatic carbocycles. The molecule has 6 nitrogen and oxygen atoms in total. The highest BCUT2D eigenvalue weighted by molar-refractivity contribution is 7.80. The number of hydrogen-bond acceptors (Lipinski definition) is 5. The molecular formula is C31H34N2O4S. The summed E-state index contributed by atoms with van der Waals surface area (Å²) in [5.41, 5.74) is 5.63. The zero-order valence-electron chi connectivity index (χ0n) is 22.0. The number of carbonyl (C=O) groups excluding carboxylic acids is 2. The Balaban J connectivity index is 1.47. The average Bonchev–Trinajstić information content (AvgIpc) is 3.24. The maximum absolute atomic E-state index is 13.1. The molecule has 4 rings (SSSR count). The van der Waals surface area contributed by atoms with E-state index in [4.69, 9.17) is 21.7 Å². The second-order valence-corrected chi connectivity index (χ2v) is 10.4. The van der Waals surface area contributed by atoms with Crippen LogP contribution in [-0.2, 0) is 20.7 Å². The van der Waals surface area contributed by atoms with Crippen molar-refractivity contribution in [3.63, 3.8) is 0 Å². The van der Waals surface area contributed by atoms with Gasteiger partial charge in [0.05, 0.1) is 18.1 Å². The Labute approximate surface area is 229 Å². The number of rotatable bonds is 10. The third kappa shape index (κ3) is 6.58. The van der Waals surface area contributed by atoms with Crippen LogP contribution >= 0.6 is 12.2 Å². The standard InChI is InChI=1S/C31H34N2O4S/c1-20(2)17-28(30(34)36-3)32-29(38)27(18-21-11-5-4-6-12-21)33-31(35)37-19-26-24-15-9-7-13-22(24)23-14-8-10-16-25(23)26/h4-16,20,26-28H,17-19H2,1-3H3,(H,32,38)(H,33,35)/t27-,28-/m0/s1. The number of nitrogens with one attached hydrogen (secondary N) is 2. The Kier molecular flexibility index (Phi) is 9.13. The molecule has 2 N–H and O–H groups in total. The summed E-state index contributed by atoms with van der Waals surface area (Å²) in [4.78, 5) is 25.8. The fourth-order valence-corrected chi connectivity index (χ4v) is 5.23. The summed E-state index contributed by atoms with van der Waals surface area (Å²) in [6.07, 6.45) is 0.442. The van der Waals surface area contributed by atoms with E-state index in [0.717, 1.165) is 16.7 Å². The van der Waals surface area contributed by atoms with Gasteiger partial charge in [-0.25, -0.2) is 9.59 Å². The van der Waals surface area contributed by atoms with Crippen molar-refractivity contribution in [1.29, 1.82) is 0 Å². The summed E-state index contributed by atoms with van der Waals surface area (Å²) < 4.78 is 10.7. The van der Waals surface area contributed by atoms with Crippen LogP contribution in [0.15, 0.2) is 78.9 Å².